The minimum Gasteiger partial charge on any atom is -0.460 e. The van der Waals surface area contributed by atoms with E-state index in [0.29, 0.717) is 76.7 Å². The van der Waals surface area contributed by atoms with Gasteiger partial charge in [-0.15, -0.1) is 0 Å². The molecule has 14 aliphatic heterocycles. The van der Waals surface area contributed by atoms with Crippen molar-refractivity contribution in [2.75, 3.05) is 13.2 Å². The van der Waals surface area contributed by atoms with Gasteiger partial charge in [0, 0.05) is 57.8 Å². The summed E-state index contributed by atoms with van der Waals surface area (Å²) in [4.78, 5) is 13.7. The SMILES string of the molecule is C=C1CC(CC[C@]23C[C@H]4CC(O2)[C@@H]2O[C@H]5CC[C@H](CC(=O)O[C@H]6CO[C@H]7C[C@H]8O[C@@H](C[C@@H]9O[C@@]%10(CC[C@@H]9O)C[C@H](C)[C@@H]9O[C@H](CO)CC[C@@H]9O%10)CC8OC7C6)O[C@@H]5C(O3)C2O4)O[C@H]1CC[C@H]1C[C@@H](C)C(=C)[C@@H](CC)O1. The molecule has 14 aliphatic rings. The largest absolute Gasteiger partial charge is 0.460 e. The normalized spacial score (nSPS) is 52.9. The van der Waals surface area contributed by atoms with Crippen LogP contribution in [0.25, 0.3) is 0 Å². The zero-order valence-electron chi connectivity index (χ0n) is 44.6. The summed E-state index contributed by atoms with van der Waals surface area (Å²) in [6, 6.07) is 0. The first-order valence-electron chi connectivity index (χ1n) is 29.7. The Balaban J connectivity index is 0.576. The number of hydrogen-bond acceptors (Lipinski definition) is 17. The van der Waals surface area contributed by atoms with Crippen molar-refractivity contribution < 1.29 is 81.3 Å². The van der Waals surface area contributed by atoms with Gasteiger partial charge in [0.15, 0.2) is 11.6 Å². The van der Waals surface area contributed by atoms with Crippen LogP contribution >= 0.6 is 0 Å². The van der Waals surface area contributed by atoms with Crippen molar-refractivity contribution in [3.05, 3.63) is 24.3 Å². The molecule has 6 bridgehead atoms. The molecule has 0 amide bonds. The van der Waals surface area contributed by atoms with E-state index in [1.165, 1.54) is 5.57 Å². The summed E-state index contributed by atoms with van der Waals surface area (Å²) in [5.74, 6) is -1.25. The molecule has 14 fully saturated rings. The fourth-order valence-electron chi connectivity index (χ4n) is 16.3. The van der Waals surface area contributed by atoms with Gasteiger partial charge in [0.05, 0.1) is 130 Å². The summed E-state index contributed by atoms with van der Waals surface area (Å²) < 4.78 is 93.0. The maximum Gasteiger partial charge on any atom is 0.308 e. The second-order valence-corrected chi connectivity index (χ2v) is 25.5. The second kappa shape index (κ2) is 21.3. The summed E-state index contributed by atoms with van der Waals surface area (Å²) in [5.41, 5.74) is 2.38. The highest BCUT2D eigenvalue weighted by Gasteiger charge is 2.65. The van der Waals surface area contributed by atoms with Crippen LogP contribution in [0.15, 0.2) is 24.3 Å². The monoisotopic (exact) mass is 1050 g/mol. The van der Waals surface area contributed by atoms with Gasteiger partial charge in [0.25, 0.3) is 0 Å². The molecule has 0 saturated carbocycles. The van der Waals surface area contributed by atoms with Crippen molar-refractivity contribution in [2.45, 2.75) is 308 Å². The molecule has 6 unspecified atom stereocenters. The van der Waals surface area contributed by atoms with E-state index in [9.17, 15) is 15.0 Å². The molecule has 0 aromatic carbocycles. The molecule has 14 rings (SSSR count). The van der Waals surface area contributed by atoms with Crippen molar-refractivity contribution in [2.24, 2.45) is 11.8 Å². The van der Waals surface area contributed by atoms with Crippen LogP contribution in [0.4, 0.5) is 0 Å². The lowest BCUT2D eigenvalue weighted by Crippen LogP contribution is -2.65. The summed E-state index contributed by atoms with van der Waals surface area (Å²) in [6.07, 6.45) is 10.9. The first-order chi connectivity index (χ1) is 36.3. The Morgan fingerprint density at radius 1 is 0.653 bits per heavy atom. The van der Waals surface area contributed by atoms with Crippen LogP contribution in [0.1, 0.15) is 156 Å². The molecule has 420 valence electrons. The summed E-state index contributed by atoms with van der Waals surface area (Å²) in [6.45, 7) is 15.7. The molecule has 27 atom stereocenters. The van der Waals surface area contributed by atoms with Crippen molar-refractivity contribution in [1.82, 2.24) is 0 Å². The third kappa shape index (κ3) is 10.5. The third-order valence-corrected chi connectivity index (χ3v) is 20.1. The van der Waals surface area contributed by atoms with E-state index in [1.807, 2.05) is 0 Å². The molecule has 17 heteroatoms. The molecular weight excluding hydrogens is 969 g/mol. The highest BCUT2D eigenvalue weighted by Crippen LogP contribution is 2.53. The zero-order valence-corrected chi connectivity index (χ0v) is 44.6. The van der Waals surface area contributed by atoms with Gasteiger partial charge in [-0.05, 0) is 93.6 Å². The van der Waals surface area contributed by atoms with Crippen LogP contribution in [-0.2, 0) is 71.1 Å². The predicted octanol–water partition coefficient (Wildman–Crippen LogP) is 6.37. The number of fused-ring (bicyclic) bond motifs is 4. The van der Waals surface area contributed by atoms with Gasteiger partial charge in [-0.2, -0.15) is 0 Å². The smallest absolute Gasteiger partial charge is 0.308 e. The van der Waals surface area contributed by atoms with Gasteiger partial charge >= 0.3 is 5.97 Å². The Bertz CT molecular complexity index is 2080. The van der Waals surface area contributed by atoms with E-state index < -0.39 is 36.0 Å². The number of aliphatic hydroxyl groups excluding tert-OH is 2. The average Bonchev–Trinajstić information content (AvgIpc) is 3.94. The first-order valence-corrected chi connectivity index (χ1v) is 29.7. The molecular formula is C58H86O17. The van der Waals surface area contributed by atoms with Crippen LogP contribution in [-0.4, -0.2) is 181 Å². The average molecular weight is 1060 g/mol. The zero-order chi connectivity index (χ0) is 51.3. The molecule has 14 saturated heterocycles. The van der Waals surface area contributed by atoms with Gasteiger partial charge < -0.3 is 76.5 Å². The van der Waals surface area contributed by atoms with Crippen molar-refractivity contribution in [3.8, 4) is 0 Å². The Hall–Kier alpha value is -1.65. The topological polar surface area (TPSA) is 187 Å². The van der Waals surface area contributed by atoms with Crippen molar-refractivity contribution in [3.63, 3.8) is 0 Å². The summed E-state index contributed by atoms with van der Waals surface area (Å²) in [5, 5.41) is 20.9. The number of hydrogen-bond donors (Lipinski definition) is 2. The lowest BCUT2D eigenvalue weighted by atomic mass is 9.81. The van der Waals surface area contributed by atoms with Crippen molar-refractivity contribution >= 4 is 5.97 Å². The number of esters is 1. The maximum absolute atomic E-state index is 13.7. The number of carbonyl (C=O) groups excluding carboxylic acids is 1. The maximum atomic E-state index is 13.7. The third-order valence-electron chi connectivity index (χ3n) is 20.1. The Morgan fingerprint density at radius 2 is 1.45 bits per heavy atom. The van der Waals surface area contributed by atoms with Gasteiger partial charge in [-0.1, -0.05) is 33.9 Å². The Morgan fingerprint density at radius 3 is 2.32 bits per heavy atom. The van der Waals surface area contributed by atoms with Crippen LogP contribution in [0, 0.1) is 11.8 Å². The minimum absolute atomic E-state index is 0.0138. The van der Waals surface area contributed by atoms with Crippen LogP contribution in [0.3, 0.4) is 0 Å². The van der Waals surface area contributed by atoms with Gasteiger partial charge in [0.1, 0.15) is 30.5 Å². The number of carbonyl (C=O) groups is 1. The van der Waals surface area contributed by atoms with E-state index in [2.05, 4.69) is 33.9 Å². The van der Waals surface area contributed by atoms with Gasteiger partial charge in [-0.25, -0.2) is 0 Å². The molecule has 75 heavy (non-hydrogen) atoms. The fourth-order valence-corrected chi connectivity index (χ4v) is 16.3. The van der Waals surface area contributed by atoms with Gasteiger partial charge in [-0.3, -0.25) is 4.79 Å². The molecule has 0 aliphatic carbocycles. The molecule has 0 radical (unpaired) electrons. The molecule has 2 N–H and O–H groups in total. The lowest BCUT2D eigenvalue weighted by molar-refractivity contribution is -0.365. The fraction of sp³-hybridized carbons (Fsp3) is 0.914. The number of aliphatic hydroxyl groups is 2. The number of ether oxygens (including phenoxy) is 14. The van der Waals surface area contributed by atoms with E-state index in [0.717, 1.165) is 69.8 Å². The molecule has 0 aromatic rings. The summed E-state index contributed by atoms with van der Waals surface area (Å²) >= 11 is 0. The number of rotatable bonds is 13. The Kier molecular flexibility index (Phi) is 15.0. The molecule has 0 aromatic heterocycles. The highest BCUT2D eigenvalue weighted by molar-refractivity contribution is 5.70. The van der Waals surface area contributed by atoms with E-state index in [-0.39, 0.29) is 141 Å². The highest BCUT2D eigenvalue weighted by atomic mass is 16.8. The molecule has 17 nitrogen and oxygen atoms in total. The van der Waals surface area contributed by atoms with Crippen LogP contribution in [0.5, 0.6) is 0 Å². The lowest BCUT2D eigenvalue weighted by Gasteiger charge is -2.53. The predicted molar refractivity (Wildman–Crippen MR) is 266 cm³/mol. The summed E-state index contributed by atoms with van der Waals surface area (Å²) in [7, 11) is 0. The minimum atomic E-state index is -0.839. The van der Waals surface area contributed by atoms with Crippen LogP contribution in [0.2, 0.25) is 0 Å². The Labute approximate surface area is 442 Å². The van der Waals surface area contributed by atoms with Crippen molar-refractivity contribution in [1.29, 1.82) is 0 Å². The second-order valence-electron chi connectivity index (χ2n) is 25.5. The quantitative estimate of drug-likeness (QED) is 0.153. The first kappa shape index (κ1) is 52.7. The van der Waals surface area contributed by atoms with E-state index in [1.54, 1.807) is 0 Å². The standard InChI is InChI=1S/C58H86O17/c1-6-41-32(5)29(2)17-33(63-41)7-10-42-30(3)18-35(64-42)13-15-58-26-38-21-50(74-58)54-55(69-38)56(75-58)53-43(71-54)11-8-34(67-53)23-51(61)66-39-22-47-46(62-28-39)24-49-48(70-47)20-37(65-49)19-45-40(60)14-16-57(73-45)25-31(4)52-44(72-57)12-9-36(27-59)68-52/h29,31,33-50,52-56,59-60H,3,5-28H2,1-2,4H3/t29-,31+,33+,34-,35?,36+,37+,38-,39-,40+,41-,42+,43+,44+,45+,46+,47?,48?,49-,50?,52+,53+,54+,55?,56?,57+,58+/m1/s1. The van der Waals surface area contributed by atoms with E-state index >= 15 is 0 Å². The molecule has 14 heterocycles. The van der Waals surface area contributed by atoms with Gasteiger partial charge in [0.2, 0.25) is 0 Å². The van der Waals surface area contributed by atoms with E-state index in [4.69, 9.17) is 66.3 Å². The van der Waals surface area contributed by atoms with Crippen LogP contribution < -0.4 is 0 Å². The molecule has 1 spiro atoms.